The second-order valence-corrected chi connectivity index (χ2v) is 5.01. The standard InChI is InChI=1S/C15H21N3O3/c1-10(2)12-4-6-13(7-5-12)18-15(21)9-17-14(20)8-16-11(3)19/h4-7,10H,8-9H2,1-3H3,(H,16,19)(H,17,20)(H,18,21). The lowest BCUT2D eigenvalue weighted by Crippen LogP contribution is -2.39. The van der Waals surface area contributed by atoms with E-state index in [9.17, 15) is 14.4 Å². The normalized spacial score (nSPS) is 10.1. The summed E-state index contributed by atoms with van der Waals surface area (Å²) >= 11 is 0. The van der Waals surface area contributed by atoms with Crippen LogP contribution in [0.1, 0.15) is 32.3 Å². The van der Waals surface area contributed by atoms with Crippen LogP contribution >= 0.6 is 0 Å². The molecule has 0 saturated heterocycles. The molecule has 1 aromatic carbocycles. The highest BCUT2D eigenvalue weighted by Gasteiger charge is 2.06. The van der Waals surface area contributed by atoms with Crippen molar-refractivity contribution in [1.29, 1.82) is 0 Å². The zero-order valence-corrected chi connectivity index (χ0v) is 12.5. The fourth-order valence-corrected chi connectivity index (χ4v) is 1.60. The molecule has 0 radical (unpaired) electrons. The largest absolute Gasteiger partial charge is 0.347 e. The SMILES string of the molecule is CC(=O)NCC(=O)NCC(=O)Nc1ccc(C(C)C)cc1. The van der Waals surface area contributed by atoms with Gasteiger partial charge in [0.25, 0.3) is 0 Å². The fourth-order valence-electron chi connectivity index (χ4n) is 1.60. The van der Waals surface area contributed by atoms with Crippen LogP contribution < -0.4 is 16.0 Å². The predicted molar refractivity (Wildman–Crippen MR) is 80.9 cm³/mol. The Morgan fingerprint density at radius 2 is 1.52 bits per heavy atom. The summed E-state index contributed by atoms with van der Waals surface area (Å²) in [6.07, 6.45) is 0. The van der Waals surface area contributed by atoms with Gasteiger partial charge in [0.2, 0.25) is 17.7 Å². The summed E-state index contributed by atoms with van der Waals surface area (Å²) in [6.45, 7) is 5.24. The van der Waals surface area contributed by atoms with Gasteiger partial charge in [-0.25, -0.2) is 0 Å². The molecule has 0 unspecified atom stereocenters. The molecule has 21 heavy (non-hydrogen) atoms. The zero-order chi connectivity index (χ0) is 15.8. The Labute approximate surface area is 124 Å². The first-order valence-electron chi connectivity index (χ1n) is 6.79. The lowest BCUT2D eigenvalue weighted by Gasteiger charge is -2.09. The lowest BCUT2D eigenvalue weighted by atomic mass is 10.0. The number of hydrogen-bond acceptors (Lipinski definition) is 3. The van der Waals surface area contributed by atoms with Crippen molar-refractivity contribution in [2.24, 2.45) is 0 Å². The van der Waals surface area contributed by atoms with E-state index in [0.717, 1.165) is 0 Å². The van der Waals surface area contributed by atoms with Crippen molar-refractivity contribution < 1.29 is 14.4 Å². The maximum absolute atomic E-state index is 11.7. The van der Waals surface area contributed by atoms with Crippen LogP contribution in [0.3, 0.4) is 0 Å². The zero-order valence-electron chi connectivity index (χ0n) is 12.5. The van der Waals surface area contributed by atoms with E-state index in [2.05, 4.69) is 29.8 Å². The van der Waals surface area contributed by atoms with E-state index in [1.165, 1.54) is 12.5 Å². The second kappa shape index (κ2) is 8.04. The van der Waals surface area contributed by atoms with Gasteiger partial charge in [0.05, 0.1) is 13.1 Å². The highest BCUT2D eigenvalue weighted by Crippen LogP contribution is 2.16. The van der Waals surface area contributed by atoms with Gasteiger partial charge in [-0.2, -0.15) is 0 Å². The molecule has 0 atom stereocenters. The van der Waals surface area contributed by atoms with Gasteiger partial charge >= 0.3 is 0 Å². The average molecular weight is 291 g/mol. The molecular weight excluding hydrogens is 270 g/mol. The number of rotatable bonds is 6. The number of benzene rings is 1. The van der Waals surface area contributed by atoms with Crippen molar-refractivity contribution in [3.63, 3.8) is 0 Å². The molecule has 0 heterocycles. The molecule has 1 rings (SSSR count). The Hall–Kier alpha value is -2.37. The minimum absolute atomic E-state index is 0.133. The predicted octanol–water partition coefficient (Wildman–Crippen LogP) is 1.00. The summed E-state index contributed by atoms with van der Waals surface area (Å²) in [7, 11) is 0. The second-order valence-electron chi connectivity index (χ2n) is 5.01. The molecule has 1 aromatic rings. The summed E-state index contributed by atoms with van der Waals surface area (Å²) in [5.74, 6) is -0.582. The van der Waals surface area contributed by atoms with Crippen LogP contribution in [0.25, 0.3) is 0 Å². The van der Waals surface area contributed by atoms with Crippen LogP contribution in [0.15, 0.2) is 24.3 Å². The number of carbonyl (C=O) groups is 3. The quantitative estimate of drug-likeness (QED) is 0.730. The van der Waals surface area contributed by atoms with Gasteiger partial charge in [-0.1, -0.05) is 26.0 Å². The number of nitrogens with one attached hydrogen (secondary N) is 3. The first-order chi connectivity index (χ1) is 9.88. The van der Waals surface area contributed by atoms with E-state index in [-0.39, 0.29) is 24.9 Å². The minimum atomic E-state index is -0.407. The molecule has 3 N–H and O–H groups in total. The Kier molecular flexibility index (Phi) is 6.39. The van der Waals surface area contributed by atoms with Crippen LogP contribution in [0, 0.1) is 0 Å². The van der Waals surface area contributed by atoms with Gasteiger partial charge in [0.15, 0.2) is 0 Å². The summed E-state index contributed by atoms with van der Waals surface area (Å²) in [6, 6.07) is 7.56. The molecule has 0 aliphatic heterocycles. The van der Waals surface area contributed by atoms with Crippen molar-refractivity contribution in [3.05, 3.63) is 29.8 Å². The van der Waals surface area contributed by atoms with Gasteiger partial charge < -0.3 is 16.0 Å². The topological polar surface area (TPSA) is 87.3 Å². The molecule has 3 amide bonds. The van der Waals surface area contributed by atoms with Gasteiger partial charge in [0.1, 0.15) is 0 Å². The van der Waals surface area contributed by atoms with Crippen molar-refractivity contribution in [3.8, 4) is 0 Å². The molecule has 0 spiro atoms. The van der Waals surface area contributed by atoms with E-state index >= 15 is 0 Å². The lowest BCUT2D eigenvalue weighted by molar-refractivity contribution is -0.126. The van der Waals surface area contributed by atoms with Crippen molar-refractivity contribution in [2.45, 2.75) is 26.7 Å². The van der Waals surface area contributed by atoms with Crippen LogP contribution in [-0.2, 0) is 14.4 Å². The van der Waals surface area contributed by atoms with Gasteiger partial charge in [0, 0.05) is 12.6 Å². The smallest absolute Gasteiger partial charge is 0.243 e. The van der Waals surface area contributed by atoms with Crippen molar-refractivity contribution in [1.82, 2.24) is 10.6 Å². The summed E-state index contributed by atoms with van der Waals surface area (Å²) in [5.41, 5.74) is 1.87. The number of amides is 3. The van der Waals surface area contributed by atoms with E-state index in [4.69, 9.17) is 0 Å². The van der Waals surface area contributed by atoms with Gasteiger partial charge in [-0.3, -0.25) is 14.4 Å². The van der Waals surface area contributed by atoms with Crippen molar-refractivity contribution in [2.75, 3.05) is 18.4 Å². The highest BCUT2D eigenvalue weighted by molar-refractivity contribution is 5.95. The van der Waals surface area contributed by atoms with Crippen LogP contribution in [0.4, 0.5) is 5.69 Å². The fraction of sp³-hybridized carbons (Fsp3) is 0.400. The number of carbonyl (C=O) groups excluding carboxylic acids is 3. The molecule has 0 bridgehead atoms. The Balaban J connectivity index is 2.36. The van der Waals surface area contributed by atoms with E-state index in [1.54, 1.807) is 0 Å². The Morgan fingerprint density at radius 1 is 0.952 bits per heavy atom. The highest BCUT2D eigenvalue weighted by atomic mass is 16.2. The van der Waals surface area contributed by atoms with E-state index in [0.29, 0.717) is 11.6 Å². The summed E-state index contributed by atoms with van der Waals surface area (Å²) in [5, 5.41) is 7.46. The molecule has 114 valence electrons. The third-order valence-corrected chi connectivity index (χ3v) is 2.81. The molecule has 0 aliphatic carbocycles. The van der Waals surface area contributed by atoms with Crippen LogP contribution in [0.5, 0.6) is 0 Å². The van der Waals surface area contributed by atoms with Crippen LogP contribution in [0.2, 0.25) is 0 Å². The third kappa shape index (κ3) is 6.56. The maximum atomic E-state index is 11.7. The maximum Gasteiger partial charge on any atom is 0.243 e. The van der Waals surface area contributed by atoms with Crippen molar-refractivity contribution >= 4 is 23.4 Å². The molecule has 0 fully saturated rings. The first-order valence-corrected chi connectivity index (χ1v) is 6.79. The minimum Gasteiger partial charge on any atom is -0.347 e. The molecule has 0 aliphatic rings. The molecule has 6 nitrogen and oxygen atoms in total. The number of hydrogen-bond donors (Lipinski definition) is 3. The Bertz CT molecular complexity index is 509. The number of anilines is 1. The van der Waals surface area contributed by atoms with E-state index in [1.807, 2.05) is 24.3 Å². The summed E-state index contributed by atoms with van der Waals surface area (Å²) in [4.78, 5) is 33.6. The molecular formula is C15H21N3O3. The van der Waals surface area contributed by atoms with Gasteiger partial charge in [-0.15, -0.1) is 0 Å². The van der Waals surface area contributed by atoms with Crippen LogP contribution in [-0.4, -0.2) is 30.8 Å². The monoisotopic (exact) mass is 291 g/mol. The molecule has 0 saturated carbocycles. The molecule has 0 aromatic heterocycles. The van der Waals surface area contributed by atoms with Gasteiger partial charge in [-0.05, 0) is 23.6 Å². The summed E-state index contributed by atoms with van der Waals surface area (Å²) < 4.78 is 0. The van der Waals surface area contributed by atoms with E-state index < -0.39 is 5.91 Å². The average Bonchev–Trinajstić information content (AvgIpc) is 2.43. The molecule has 6 heteroatoms. The first kappa shape index (κ1) is 16.7. The Morgan fingerprint density at radius 3 is 2.05 bits per heavy atom. The third-order valence-electron chi connectivity index (χ3n) is 2.81.